The van der Waals surface area contributed by atoms with E-state index in [0.29, 0.717) is 12.5 Å². The Bertz CT molecular complexity index is 494. The number of hydrogen-bond acceptors (Lipinski definition) is 3. The van der Waals surface area contributed by atoms with Crippen molar-refractivity contribution in [1.82, 2.24) is 5.32 Å². The van der Waals surface area contributed by atoms with Gasteiger partial charge in [-0.1, -0.05) is 39.8 Å². The quantitative estimate of drug-likeness (QED) is 0.775. The second-order valence-corrected chi connectivity index (χ2v) is 6.33. The third-order valence-corrected chi connectivity index (χ3v) is 4.20. The molecule has 0 saturated carbocycles. The number of benzene rings is 1. The molecule has 1 aromatic rings. The Labute approximate surface area is 134 Å². The van der Waals surface area contributed by atoms with Crippen LogP contribution in [-0.2, 0) is 4.79 Å². The van der Waals surface area contributed by atoms with Crippen molar-refractivity contribution in [3.8, 4) is 5.75 Å². The SMILES string of the molecule is CCC(N)(CC)CNC(=O)COc1cc(C)ccc1C(C)C. The average molecular weight is 306 g/mol. The van der Waals surface area contributed by atoms with Gasteiger partial charge < -0.3 is 15.8 Å². The van der Waals surface area contributed by atoms with Gasteiger partial charge in [-0.05, 0) is 42.9 Å². The molecule has 0 saturated heterocycles. The fraction of sp³-hybridized carbons (Fsp3) is 0.611. The molecule has 0 aliphatic heterocycles. The summed E-state index contributed by atoms with van der Waals surface area (Å²) in [6.45, 7) is 10.8. The van der Waals surface area contributed by atoms with Gasteiger partial charge in [-0.2, -0.15) is 0 Å². The number of carbonyl (C=O) groups excluding carboxylic acids is 1. The molecule has 3 N–H and O–H groups in total. The van der Waals surface area contributed by atoms with Gasteiger partial charge in [0.05, 0.1) is 0 Å². The van der Waals surface area contributed by atoms with E-state index >= 15 is 0 Å². The minimum Gasteiger partial charge on any atom is -0.483 e. The van der Waals surface area contributed by atoms with Crippen molar-refractivity contribution in [3.63, 3.8) is 0 Å². The monoisotopic (exact) mass is 306 g/mol. The van der Waals surface area contributed by atoms with E-state index in [1.165, 1.54) is 0 Å². The van der Waals surface area contributed by atoms with Crippen molar-refractivity contribution in [2.45, 2.75) is 58.9 Å². The summed E-state index contributed by atoms with van der Waals surface area (Å²) in [6, 6.07) is 6.10. The Hall–Kier alpha value is -1.55. The molecular weight excluding hydrogens is 276 g/mol. The van der Waals surface area contributed by atoms with Crippen molar-refractivity contribution in [3.05, 3.63) is 29.3 Å². The van der Waals surface area contributed by atoms with Crippen LogP contribution in [0.1, 0.15) is 57.6 Å². The maximum Gasteiger partial charge on any atom is 0.258 e. The van der Waals surface area contributed by atoms with Crippen LogP contribution >= 0.6 is 0 Å². The van der Waals surface area contributed by atoms with Gasteiger partial charge in [0, 0.05) is 12.1 Å². The van der Waals surface area contributed by atoms with Crippen LogP contribution in [0.5, 0.6) is 5.75 Å². The van der Waals surface area contributed by atoms with Crippen molar-refractivity contribution in [2.75, 3.05) is 13.2 Å². The summed E-state index contributed by atoms with van der Waals surface area (Å²) in [6.07, 6.45) is 1.67. The second-order valence-electron chi connectivity index (χ2n) is 6.33. The minimum atomic E-state index is -0.331. The van der Waals surface area contributed by atoms with E-state index in [9.17, 15) is 4.79 Å². The Morgan fingerprint density at radius 2 is 1.95 bits per heavy atom. The molecule has 124 valence electrons. The summed E-state index contributed by atoms with van der Waals surface area (Å²) in [4.78, 5) is 12.0. The molecular formula is C18H30N2O2. The molecule has 0 aromatic heterocycles. The van der Waals surface area contributed by atoms with E-state index in [1.807, 2.05) is 26.8 Å². The van der Waals surface area contributed by atoms with Crippen LogP contribution in [0.4, 0.5) is 0 Å². The van der Waals surface area contributed by atoms with Crippen LogP contribution in [0.15, 0.2) is 18.2 Å². The molecule has 22 heavy (non-hydrogen) atoms. The van der Waals surface area contributed by atoms with Gasteiger partial charge in [0.25, 0.3) is 5.91 Å². The van der Waals surface area contributed by atoms with E-state index in [4.69, 9.17) is 10.5 Å². The van der Waals surface area contributed by atoms with Crippen LogP contribution in [0.3, 0.4) is 0 Å². The van der Waals surface area contributed by atoms with Crippen LogP contribution in [0.25, 0.3) is 0 Å². The summed E-state index contributed by atoms with van der Waals surface area (Å²) < 4.78 is 5.72. The number of rotatable bonds is 8. The van der Waals surface area contributed by atoms with Crippen molar-refractivity contribution < 1.29 is 9.53 Å². The molecule has 0 aliphatic carbocycles. The molecule has 4 heteroatoms. The highest BCUT2D eigenvalue weighted by molar-refractivity contribution is 5.77. The van der Waals surface area contributed by atoms with Crippen molar-refractivity contribution in [2.24, 2.45) is 5.73 Å². The number of amides is 1. The third-order valence-electron chi connectivity index (χ3n) is 4.20. The zero-order valence-electron chi connectivity index (χ0n) is 14.5. The largest absolute Gasteiger partial charge is 0.483 e. The first-order chi connectivity index (χ1) is 10.3. The van der Waals surface area contributed by atoms with Crippen LogP contribution in [0.2, 0.25) is 0 Å². The Morgan fingerprint density at radius 3 is 2.50 bits per heavy atom. The summed E-state index contributed by atoms with van der Waals surface area (Å²) in [5.41, 5.74) is 8.09. The molecule has 0 unspecified atom stereocenters. The molecule has 1 amide bonds. The first kappa shape index (κ1) is 18.5. The smallest absolute Gasteiger partial charge is 0.258 e. The lowest BCUT2D eigenvalue weighted by atomic mass is 9.94. The lowest BCUT2D eigenvalue weighted by molar-refractivity contribution is -0.123. The van der Waals surface area contributed by atoms with Crippen LogP contribution in [0, 0.1) is 6.92 Å². The predicted molar refractivity (Wildman–Crippen MR) is 91.3 cm³/mol. The minimum absolute atomic E-state index is 0.0205. The number of ether oxygens (including phenoxy) is 1. The fourth-order valence-corrected chi connectivity index (χ4v) is 2.21. The van der Waals surface area contributed by atoms with Crippen LogP contribution < -0.4 is 15.8 Å². The Balaban J connectivity index is 2.59. The molecule has 0 heterocycles. The second kappa shape index (κ2) is 8.18. The summed E-state index contributed by atoms with van der Waals surface area (Å²) in [5, 5.41) is 2.87. The lowest BCUT2D eigenvalue weighted by Gasteiger charge is -2.26. The molecule has 0 radical (unpaired) electrons. The number of aryl methyl sites for hydroxylation is 1. The number of hydrogen-bond donors (Lipinski definition) is 2. The number of nitrogens with two attached hydrogens (primary N) is 1. The maximum atomic E-state index is 12.0. The normalized spacial score (nSPS) is 11.6. The van der Waals surface area contributed by atoms with Gasteiger partial charge in [0.1, 0.15) is 5.75 Å². The highest BCUT2D eigenvalue weighted by atomic mass is 16.5. The summed E-state index contributed by atoms with van der Waals surface area (Å²) in [7, 11) is 0. The van der Waals surface area contributed by atoms with E-state index in [1.54, 1.807) is 0 Å². The highest BCUT2D eigenvalue weighted by Crippen LogP contribution is 2.27. The molecule has 0 aliphatic rings. The van der Waals surface area contributed by atoms with Gasteiger partial charge in [-0.15, -0.1) is 0 Å². The maximum absolute atomic E-state index is 12.0. The van der Waals surface area contributed by atoms with E-state index in [2.05, 4.69) is 31.3 Å². The molecule has 1 rings (SSSR count). The first-order valence-corrected chi connectivity index (χ1v) is 8.10. The highest BCUT2D eigenvalue weighted by Gasteiger charge is 2.21. The lowest BCUT2D eigenvalue weighted by Crippen LogP contribution is -2.50. The van der Waals surface area contributed by atoms with Crippen LogP contribution in [-0.4, -0.2) is 24.6 Å². The number of nitrogens with one attached hydrogen (secondary N) is 1. The Kier molecular flexibility index (Phi) is 6.88. The average Bonchev–Trinajstić information content (AvgIpc) is 2.50. The van der Waals surface area contributed by atoms with Gasteiger partial charge in [-0.25, -0.2) is 0 Å². The van der Waals surface area contributed by atoms with Gasteiger partial charge in [0.2, 0.25) is 0 Å². The van der Waals surface area contributed by atoms with E-state index in [-0.39, 0.29) is 18.1 Å². The van der Waals surface area contributed by atoms with Gasteiger partial charge in [0.15, 0.2) is 6.61 Å². The summed E-state index contributed by atoms with van der Waals surface area (Å²) in [5.74, 6) is 1.01. The molecule has 0 bridgehead atoms. The zero-order valence-corrected chi connectivity index (χ0v) is 14.5. The van der Waals surface area contributed by atoms with Crippen molar-refractivity contribution in [1.29, 1.82) is 0 Å². The summed E-state index contributed by atoms with van der Waals surface area (Å²) >= 11 is 0. The molecule has 0 spiro atoms. The van der Waals surface area contributed by atoms with Crippen molar-refractivity contribution >= 4 is 5.91 Å². The zero-order chi connectivity index (χ0) is 16.8. The third kappa shape index (κ3) is 5.34. The van der Waals surface area contributed by atoms with Gasteiger partial charge >= 0.3 is 0 Å². The Morgan fingerprint density at radius 1 is 1.32 bits per heavy atom. The topological polar surface area (TPSA) is 64.3 Å². The molecule has 0 fully saturated rings. The standard InChI is InChI=1S/C18H30N2O2/c1-6-18(19,7-2)12-20-17(21)11-22-16-10-14(5)8-9-15(16)13(3)4/h8-10,13H,6-7,11-12,19H2,1-5H3,(H,20,21). The van der Waals surface area contributed by atoms with E-state index in [0.717, 1.165) is 29.7 Å². The molecule has 0 atom stereocenters. The molecule has 4 nitrogen and oxygen atoms in total. The van der Waals surface area contributed by atoms with E-state index < -0.39 is 0 Å². The number of carbonyl (C=O) groups is 1. The van der Waals surface area contributed by atoms with Gasteiger partial charge in [-0.3, -0.25) is 4.79 Å². The first-order valence-electron chi connectivity index (χ1n) is 8.10. The molecule has 1 aromatic carbocycles. The fourth-order valence-electron chi connectivity index (χ4n) is 2.21. The predicted octanol–water partition coefficient (Wildman–Crippen LogP) is 3.13.